The first-order valence-corrected chi connectivity index (χ1v) is 5.00. The molecule has 0 aliphatic rings. The maximum absolute atomic E-state index is 12.9. The third-order valence-corrected chi connectivity index (χ3v) is 2.20. The SMILES string of the molecule is [3H]OC[C@H](N=Cc1cccc(F)c1)C(C)C. The van der Waals surface area contributed by atoms with E-state index in [0.717, 1.165) is 5.56 Å². The fourth-order valence-electron chi connectivity index (χ4n) is 1.18. The van der Waals surface area contributed by atoms with Crippen LogP contribution in [-0.2, 0) is 0 Å². The Kier molecular flexibility index (Phi) is 3.85. The second-order valence-corrected chi connectivity index (χ2v) is 3.81. The van der Waals surface area contributed by atoms with Crippen LogP contribution in [0.2, 0.25) is 0 Å². The lowest BCUT2D eigenvalue weighted by Crippen LogP contribution is -2.17. The van der Waals surface area contributed by atoms with Gasteiger partial charge in [-0.3, -0.25) is 4.99 Å². The maximum atomic E-state index is 12.9. The van der Waals surface area contributed by atoms with Crippen molar-refractivity contribution in [2.45, 2.75) is 19.9 Å². The van der Waals surface area contributed by atoms with Gasteiger partial charge in [-0.05, 0) is 23.6 Å². The number of aliphatic hydroxyl groups excluding tert-OH is 1. The number of hydrogen-bond donors (Lipinski definition) is 1. The van der Waals surface area contributed by atoms with Crippen LogP contribution >= 0.6 is 0 Å². The summed E-state index contributed by atoms with van der Waals surface area (Å²) in [4.78, 5) is 4.29. The molecule has 1 rings (SSSR count). The molecule has 0 fully saturated rings. The summed E-state index contributed by atoms with van der Waals surface area (Å²) < 4.78 is 19.6. The van der Waals surface area contributed by atoms with Crippen LogP contribution in [0.1, 0.15) is 19.4 Å². The highest BCUT2D eigenvalue weighted by Gasteiger charge is 2.08. The van der Waals surface area contributed by atoms with E-state index in [1.165, 1.54) is 12.1 Å². The Hall–Kier alpha value is -1.22. The predicted octanol–water partition coefficient (Wildman–Crippen LogP) is 2.26. The highest BCUT2D eigenvalue weighted by Crippen LogP contribution is 2.06. The van der Waals surface area contributed by atoms with Crippen LogP contribution < -0.4 is 0 Å². The van der Waals surface area contributed by atoms with Gasteiger partial charge in [-0.1, -0.05) is 26.0 Å². The molecule has 1 aromatic carbocycles. The molecular weight excluding hydrogens is 193 g/mol. The van der Waals surface area contributed by atoms with Crippen LogP contribution in [0.5, 0.6) is 0 Å². The molecule has 0 spiro atoms. The molecular formula is C12H16FNO. The monoisotopic (exact) mass is 211 g/mol. The average molecular weight is 211 g/mol. The van der Waals surface area contributed by atoms with Gasteiger partial charge < -0.3 is 5.11 Å². The molecule has 15 heavy (non-hydrogen) atoms. The molecule has 1 N–H and O–H groups in total. The molecule has 0 radical (unpaired) electrons. The maximum Gasteiger partial charge on any atom is 0.210 e. The average Bonchev–Trinajstić information content (AvgIpc) is 2.24. The second-order valence-electron chi connectivity index (χ2n) is 3.81. The van der Waals surface area contributed by atoms with Gasteiger partial charge in [0.25, 0.3) is 0 Å². The molecule has 0 bridgehead atoms. The number of benzene rings is 1. The standard InChI is InChI=1S/C12H16FNO/c1-9(2)12(8-15)14-7-10-4-3-5-11(13)6-10/h3-7,9,12,15H,8H2,1-2H3/t12-/m0/s1/i15T. The van der Waals surface area contributed by atoms with Crippen molar-refractivity contribution in [1.29, 1.82) is 1.43 Å². The topological polar surface area (TPSA) is 32.6 Å². The number of nitrogens with zero attached hydrogens (tertiary/aromatic N) is 1. The van der Waals surface area contributed by atoms with Crippen LogP contribution in [0.3, 0.4) is 0 Å². The molecule has 0 saturated heterocycles. The number of aliphatic hydroxyl groups is 1. The van der Waals surface area contributed by atoms with E-state index in [9.17, 15) is 4.39 Å². The van der Waals surface area contributed by atoms with Gasteiger partial charge >= 0.3 is 0 Å². The summed E-state index contributed by atoms with van der Waals surface area (Å²) >= 11 is 0. The first kappa shape index (κ1) is 10.3. The minimum absolute atomic E-state index is 0.0687. The summed E-state index contributed by atoms with van der Waals surface area (Å²) in [5.41, 5.74) is 0.718. The summed E-state index contributed by atoms with van der Waals surface area (Å²) in [7, 11) is 0. The molecule has 0 unspecified atom stereocenters. The van der Waals surface area contributed by atoms with Gasteiger partial charge in [0.05, 0.1) is 12.6 Å². The molecule has 1 aromatic rings. The molecule has 82 valence electrons. The molecule has 0 aliphatic heterocycles. The first-order valence-electron chi connectivity index (χ1n) is 5.41. The number of hydrogen-bond acceptors (Lipinski definition) is 2. The minimum Gasteiger partial charge on any atom is -0.394 e. The normalized spacial score (nSPS) is 14.5. The van der Waals surface area contributed by atoms with Crippen molar-refractivity contribution in [2.75, 3.05) is 6.61 Å². The molecule has 3 heteroatoms. The first-order chi connectivity index (χ1) is 7.63. The third-order valence-electron chi connectivity index (χ3n) is 2.20. The van der Waals surface area contributed by atoms with E-state index in [1.807, 2.05) is 13.8 Å². The van der Waals surface area contributed by atoms with Gasteiger partial charge in [0.1, 0.15) is 5.82 Å². The fourth-order valence-corrected chi connectivity index (χ4v) is 1.18. The number of aliphatic imine (C=N–C) groups is 1. The Bertz CT molecular complexity index is 355. The molecule has 0 saturated carbocycles. The second kappa shape index (κ2) is 5.61. The number of rotatable bonds is 5. The Morgan fingerprint density at radius 2 is 2.40 bits per heavy atom. The zero-order valence-electron chi connectivity index (χ0n) is 9.98. The largest absolute Gasteiger partial charge is 0.394 e. The zero-order valence-corrected chi connectivity index (χ0v) is 8.98. The van der Waals surface area contributed by atoms with E-state index in [2.05, 4.69) is 10.1 Å². The summed E-state index contributed by atoms with van der Waals surface area (Å²) in [6.45, 7) is 4.27. The van der Waals surface area contributed by atoms with E-state index < -0.39 is 0 Å². The molecule has 0 aromatic heterocycles. The highest BCUT2D eigenvalue weighted by molar-refractivity contribution is 5.79. The summed E-state index contributed by atoms with van der Waals surface area (Å²) in [6, 6.07) is 6.17. The Morgan fingerprint density at radius 1 is 1.60 bits per heavy atom. The smallest absolute Gasteiger partial charge is 0.210 e. The van der Waals surface area contributed by atoms with Crippen molar-refractivity contribution in [1.82, 2.24) is 0 Å². The predicted molar refractivity (Wildman–Crippen MR) is 59.7 cm³/mol. The fraction of sp³-hybridized carbons (Fsp3) is 0.417. The molecule has 0 amide bonds. The molecule has 0 aliphatic carbocycles. The van der Waals surface area contributed by atoms with E-state index in [-0.39, 0.29) is 24.4 Å². The highest BCUT2D eigenvalue weighted by atomic mass is 19.1. The quantitative estimate of drug-likeness (QED) is 0.744. The van der Waals surface area contributed by atoms with Crippen LogP contribution in [-0.4, -0.2) is 25.4 Å². The summed E-state index contributed by atoms with van der Waals surface area (Å²) in [6.07, 6.45) is 1.62. The van der Waals surface area contributed by atoms with Crippen LogP contribution in [0.25, 0.3) is 0 Å². The van der Waals surface area contributed by atoms with Crippen molar-refractivity contribution in [3.8, 4) is 0 Å². The van der Waals surface area contributed by atoms with Crippen molar-refractivity contribution >= 4 is 6.21 Å². The van der Waals surface area contributed by atoms with Crippen molar-refractivity contribution < 1.29 is 9.50 Å². The third kappa shape index (κ3) is 3.80. The van der Waals surface area contributed by atoms with Crippen LogP contribution in [0.15, 0.2) is 29.3 Å². The Balaban J connectivity index is 2.70. The summed E-state index contributed by atoms with van der Waals surface area (Å²) in [5.74, 6) is 0.0111. The van der Waals surface area contributed by atoms with E-state index in [0.29, 0.717) is 0 Å². The van der Waals surface area contributed by atoms with E-state index >= 15 is 0 Å². The zero-order chi connectivity index (χ0) is 12.0. The minimum atomic E-state index is -0.276. The van der Waals surface area contributed by atoms with Crippen molar-refractivity contribution in [3.05, 3.63) is 35.6 Å². The van der Waals surface area contributed by atoms with Crippen molar-refractivity contribution in [2.24, 2.45) is 10.9 Å². The van der Waals surface area contributed by atoms with Gasteiger partial charge in [-0.2, -0.15) is 0 Å². The van der Waals surface area contributed by atoms with Gasteiger partial charge in [-0.15, -0.1) is 0 Å². The van der Waals surface area contributed by atoms with Gasteiger partial charge in [0.15, 0.2) is 0 Å². The summed E-state index contributed by atoms with van der Waals surface area (Å²) in [5, 5.41) is 4.34. The van der Waals surface area contributed by atoms with Gasteiger partial charge in [-0.25, -0.2) is 4.39 Å². The van der Waals surface area contributed by atoms with Gasteiger partial charge in [0, 0.05) is 6.21 Å². The Labute approximate surface area is 91.0 Å². The van der Waals surface area contributed by atoms with E-state index in [1.54, 1.807) is 18.3 Å². The van der Waals surface area contributed by atoms with Crippen LogP contribution in [0, 0.1) is 11.7 Å². The molecule has 2 nitrogen and oxygen atoms in total. The van der Waals surface area contributed by atoms with E-state index in [4.69, 9.17) is 1.43 Å². The molecule has 1 atom stereocenters. The lowest BCUT2D eigenvalue weighted by Gasteiger charge is -2.12. The molecule has 0 heterocycles. The number of halogens is 1. The van der Waals surface area contributed by atoms with Crippen LogP contribution in [0.4, 0.5) is 4.39 Å². The van der Waals surface area contributed by atoms with Crippen molar-refractivity contribution in [3.63, 3.8) is 0 Å². The van der Waals surface area contributed by atoms with Gasteiger partial charge in [0.2, 0.25) is 1.43 Å². The lowest BCUT2D eigenvalue weighted by atomic mass is 10.1. The Morgan fingerprint density at radius 3 is 3.00 bits per heavy atom. The lowest BCUT2D eigenvalue weighted by molar-refractivity contribution is 0.240.